The number of fused-ring (bicyclic) bond motifs is 10. The molecule has 4 aliphatic rings. The van der Waals surface area contributed by atoms with Crippen LogP contribution in [-0.4, -0.2) is 13.4 Å². The quantitative estimate of drug-likeness (QED) is 0.0808. The molecule has 330 valence electrons. The van der Waals surface area contributed by atoms with Crippen molar-refractivity contribution in [2.45, 2.75) is 77.1 Å². The van der Waals surface area contributed by atoms with Gasteiger partial charge in [0.15, 0.2) is 0 Å². The van der Waals surface area contributed by atoms with Gasteiger partial charge in [0.1, 0.15) is 0 Å². The molecule has 0 amide bonds. The van der Waals surface area contributed by atoms with Gasteiger partial charge >= 0.3 is 24.7 Å². The van der Waals surface area contributed by atoms with E-state index < -0.39 is 71.2 Å². The lowest BCUT2D eigenvalue weighted by Crippen LogP contribution is -2.53. The van der Waals surface area contributed by atoms with Gasteiger partial charge in [0.05, 0.1) is 22.3 Å². The van der Waals surface area contributed by atoms with Crippen LogP contribution in [0.4, 0.5) is 52.7 Å². The molecular formula is C52H32B2F12. The summed E-state index contributed by atoms with van der Waals surface area (Å²) in [5.41, 5.74) is 0.688. The monoisotopic (exact) mass is 906 g/mol. The van der Waals surface area contributed by atoms with Crippen molar-refractivity contribution in [2.24, 2.45) is 0 Å². The summed E-state index contributed by atoms with van der Waals surface area (Å²) in [5, 5.41) is 3.91. The minimum absolute atomic E-state index is 0.0479. The molecule has 14 heteroatoms. The zero-order chi connectivity index (χ0) is 47.1. The molecule has 0 aliphatic carbocycles. The van der Waals surface area contributed by atoms with Gasteiger partial charge in [0.2, 0.25) is 13.4 Å². The number of rotatable bonds is 0. The van der Waals surface area contributed by atoms with Crippen LogP contribution in [0.2, 0.25) is 0 Å². The van der Waals surface area contributed by atoms with E-state index in [2.05, 4.69) is 0 Å². The zero-order valence-electron chi connectivity index (χ0n) is 35.8. The first-order valence-corrected chi connectivity index (χ1v) is 21.3. The first-order valence-electron chi connectivity index (χ1n) is 21.3. The molecule has 8 aromatic rings. The van der Waals surface area contributed by atoms with Gasteiger partial charge in [0.25, 0.3) is 0 Å². The summed E-state index contributed by atoms with van der Waals surface area (Å²) in [4.78, 5) is 0. The van der Waals surface area contributed by atoms with Gasteiger partial charge in [-0.3, -0.25) is 0 Å². The number of halogens is 12. The Morgan fingerprint density at radius 3 is 0.909 bits per heavy atom. The number of hydrogen-bond acceptors (Lipinski definition) is 0. The molecule has 0 radical (unpaired) electrons. The van der Waals surface area contributed by atoms with Gasteiger partial charge in [-0.1, -0.05) is 111 Å². The Kier molecular flexibility index (Phi) is 7.64. The molecule has 66 heavy (non-hydrogen) atoms. The largest absolute Gasteiger partial charge is 0.416 e. The minimum atomic E-state index is -4.87. The van der Waals surface area contributed by atoms with E-state index in [4.69, 9.17) is 0 Å². The molecule has 0 fully saturated rings. The van der Waals surface area contributed by atoms with E-state index in [-0.39, 0.29) is 33.4 Å². The molecule has 4 heterocycles. The molecular weight excluding hydrogens is 874 g/mol. The molecule has 0 spiro atoms. The molecule has 0 atom stereocenters. The van der Waals surface area contributed by atoms with Crippen LogP contribution in [-0.2, 0) is 35.5 Å². The third-order valence-electron chi connectivity index (χ3n) is 14.5. The molecule has 0 N–H and O–H groups in total. The van der Waals surface area contributed by atoms with Crippen molar-refractivity contribution in [1.82, 2.24) is 0 Å². The van der Waals surface area contributed by atoms with E-state index in [0.717, 1.165) is 59.7 Å². The summed E-state index contributed by atoms with van der Waals surface area (Å²) >= 11 is 0. The van der Waals surface area contributed by atoms with Crippen LogP contribution in [0.25, 0.3) is 76.8 Å². The summed E-state index contributed by atoms with van der Waals surface area (Å²) in [6.45, 7) is 10.2. The van der Waals surface area contributed by atoms with Crippen LogP contribution in [0.5, 0.6) is 0 Å². The van der Waals surface area contributed by atoms with Crippen molar-refractivity contribution >= 4 is 78.5 Å². The van der Waals surface area contributed by atoms with E-state index >= 15 is 0 Å². The van der Waals surface area contributed by atoms with Gasteiger partial charge in [0, 0.05) is 0 Å². The fourth-order valence-electron chi connectivity index (χ4n) is 11.9. The highest BCUT2D eigenvalue weighted by atomic mass is 19.4. The van der Waals surface area contributed by atoms with Gasteiger partial charge in [-0.15, -0.1) is 0 Å². The molecule has 0 bridgehead atoms. The number of benzene rings is 8. The van der Waals surface area contributed by atoms with Gasteiger partial charge < -0.3 is 0 Å². The molecule has 0 saturated heterocycles. The molecule has 4 aliphatic heterocycles. The molecule has 12 rings (SSSR count). The predicted molar refractivity (Wildman–Crippen MR) is 239 cm³/mol. The van der Waals surface area contributed by atoms with Crippen LogP contribution >= 0.6 is 0 Å². The number of alkyl halides is 12. The van der Waals surface area contributed by atoms with Crippen molar-refractivity contribution in [2.75, 3.05) is 0 Å². The van der Waals surface area contributed by atoms with E-state index in [9.17, 15) is 52.7 Å². The summed E-state index contributed by atoms with van der Waals surface area (Å²) in [6, 6.07) is 18.1. The Balaban J connectivity index is 1.31. The Bertz CT molecular complexity index is 3320. The fraction of sp³-hybridized carbons (Fsp3) is 0.231. The Hall–Kier alpha value is -5.91. The maximum atomic E-state index is 15.0. The molecule has 0 nitrogen and oxygen atoms in total. The topological polar surface area (TPSA) is 0 Å². The predicted octanol–water partition coefficient (Wildman–Crippen LogP) is 12.2. The second kappa shape index (κ2) is 12.2. The molecule has 8 aromatic carbocycles. The van der Waals surface area contributed by atoms with Crippen molar-refractivity contribution < 1.29 is 52.7 Å². The minimum Gasteiger partial charge on any atom is -0.166 e. The van der Waals surface area contributed by atoms with Crippen molar-refractivity contribution in [3.63, 3.8) is 0 Å². The summed E-state index contributed by atoms with van der Waals surface area (Å²) in [7, 11) is 0. The fourth-order valence-corrected chi connectivity index (χ4v) is 11.9. The molecule has 0 aromatic heterocycles. The highest BCUT2D eigenvalue weighted by molar-refractivity contribution is 7.03. The van der Waals surface area contributed by atoms with E-state index in [1.807, 2.05) is 65.8 Å². The van der Waals surface area contributed by atoms with Gasteiger partial charge in [-0.2, -0.15) is 52.7 Å². The smallest absolute Gasteiger partial charge is 0.166 e. The lowest BCUT2D eigenvalue weighted by atomic mass is 9.34. The van der Waals surface area contributed by atoms with Crippen LogP contribution in [0.3, 0.4) is 0 Å². The van der Waals surface area contributed by atoms with Gasteiger partial charge in [-0.05, 0) is 147 Å². The standard InChI is InChI=1S/C52H32B2F12/c1-47(2,3)35-17-27-31-15-23(51(61,62)63)13-29-25-11-22(50(58,59)60)8-10-38(25)54(45(29)31)40-20-34-36(48(4,5)6)18-28-32-16-24(52(64,65)66)14-30-26-12-21(49(55,56)57)7-9-37(26)53(46(30)32)39-19-33(35)43(41(27)40)44(34)42(28)39/h7-20H,1-6H3. The Morgan fingerprint density at radius 1 is 0.303 bits per heavy atom. The highest BCUT2D eigenvalue weighted by Gasteiger charge is 2.49. The average Bonchev–Trinajstić information content (AvgIpc) is 3.72. The van der Waals surface area contributed by atoms with E-state index in [0.29, 0.717) is 76.2 Å². The maximum Gasteiger partial charge on any atom is 0.416 e. The molecule has 0 saturated carbocycles. The maximum absolute atomic E-state index is 15.0. The summed E-state index contributed by atoms with van der Waals surface area (Å²) < 4.78 is 176. The second-order valence-corrected chi connectivity index (χ2v) is 20.4. The van der Waals surface area contributed by atoms with Gasteiger partial charge in [-0.25, -0.2) is 0 Å². The van der Waals surface area contributed by atoms with E-state index in [1.54, 1.807) is 0 Å². The SMILES string of the molecule is CC(C)(C)c1cc2c3c(cc4c(C(C)(C)C)cc5c6c(cc1c3c46)B1c3ccc(C(F)(F)F)cc3-c3cc(C(F)(F)F)cc-5c31)B1c3ccc(C(F)(F)F)cc3-c3cc(C(F)(F)F)cc-2c31. The van der Waals surface area contributed by atoms with Crippen molar-refractivity contribution in [3.05, 3.63) is 118 Å². The first kappa shape index (κ1) is 41.5. The normalized spacial score (nSPS) is 15.1. The number of hydrogen-bond donors (Lipinski definition) is 0. The van der Waals surface area contributed by atoms with Crippen LogP contribution < -0.4 is 32.8 Å². The van der Waals surface area contributed by atoms with E-state index in [1.165, 1.54) is 12.1 Å². The summed E-state index contributed by atoms with van der Waals surface area (Å²) in [5.74, 6) is 0. The second-order valence-electron chi connectivity index (χ2n) is 20.4. The Morgan fingerprint density at radius 2 is 0.606 bits per heavy atom. The first-order chi connectivity index (χ1) is 30.5. The van der Waals surface area contributed by atoms with Crippen LogP contribution in [0, 0.1) is 0 Å². The summed E-state index contributed by atoms with van der Waals surface area (Å²) in [6.07, 6.45) is -19.3. The van der Waals surface area contributed by atoms with Crippen molar-refractivity contribution in [3.8, 4) is 44.5 Å². The highest BCUT2D eigenvalue weighted by Crippen LogP contribution is 2.52. The zero-order valence-corrected chi connectivity index (χ0v) is 35.8. The molecule has 0 unspecified atom stereocenters. The third kappa shape index (κ3) is 5.35. The lowest BCUT2D eigenvalue weighted by molar-refractivity contribution is -0.138. The average molecular weight is 906 g/mol. The van der Waals surface area contributed by atoms with Crippen LogP contribution in [0.15, 0.2) is 84.9 Å². The third-order valence-corrected chi connectivity index (χ3v) is 14.5. The lowest BCUT2D eigenvalue weighted by Gasteiger charge is -2.35. The van der Waals surface area contributed by atoms with Crippen molar-refractivity contribution in [1.29, 1.82) is 0 Å². The van der Waals surface area contributed by atoms with Crippen LogP contribution in [0.1, 0.15) is 74.9 Å². The Labute approximate surface area is 370 Å².